The quantitative estimate of drug-likeness (QED) is 0.789. The van der Waals surface area contributed by atoms with E-state index < -0.39 is 0 Å². The minimum Gasteiger partial charge on any atom is -0.352 e. The van der Waals surface area contributed by atoms with Crippen LogP contribution in [0.1, 0.15) is 29.4 Å². The first-order valence-electron chi connectivity index (χ1n) is 7.11. The van der Waals surface area contributed by atoms with Gasteiger partial charge in [-0.3, -0.25) is 0 Å². The summed E-state index contributed by atoms with van der Waals surface area (Å²) in [6, 6.07) is 8.07. The number of aryl methyl sites for hydroxylation is 1. The zero-order valence-electron chi connectivity index (χ0n) is 11.8. The third-order valence-corrected chi connectivity index (χ3v) is 4.02. The maximum Gasteiger partial charge on any atom is 0.232 e. The van der Waals surface area contributed by atoms with Crippen molar-refractivity contribution < 1.29 is 4.52 Å². The SMILES string of the molecule is Cn1cccc1[C@@H](c1noc(C2CNC2)n1)n1cccc1. The van der Waals surface area contributed by atoms with E-state index >= 15 is 0 Å². The zero-order chi connectivity index (χ0) is 14.2. The fourth-order valence-electron chi connectivity index (χ4n) is 2.68. The number of hydrogen-bond acceptors (Lipinski definition) is 4. The van der Waals surface area contributed by atoms with Crippen LogP contribution in [0.2, 0.25) is 0 Å². The Morgan fingerprint density at radius 3 is 2.67 bits per heavy atom. The molecule has 6 heteroatoms. The van der Waals surface area contributed by atoms with Crippen molar-refractivity contribution in [3.63, 3.8) is 0 Å². The molecule has 6 nitrogen and oxygen atoms in total. The van der Waals surface area contributed by atoms with Gasteiger partial charge in [-0.2, -0.15) is 4.98 Å². The van der Waals surface area contributed by atoms with Crippen LogP contribution in [-0.2, 0) is 7.05 Å². The van der Waals surface area contributed by atoms with Gasteiger partial charge in [0.05, 0.1) is 5.92 Å². The molecular formula is C15H17N5O. The lowest BCUT2D eigenvalue weighted by atomic mass is 10.0. The smallest absolute Gasteiger partial charge is 0.232 e. The molecule has 0 amide bonds. The monoisotopic (exact) mass is 283 g/mol. The summed E-state index contributed by atoms with van der Waals surface area (Å²) in [5.41, 5.74) is 1.13. The molecule has 21 heavy (non-hydrogen) atoms. The molecule has 108 valence electrons. The number of aromatic nitrogens is 4. The summed E-state index contributed by atoms with van der Waals surface area (Å²) in [5, 5.41) is 7.45. The highest BCUT2D eigenvalue weighted by atomic mass is 16.5. The van der Waals surface area contributed by atoms with Crippen LogP contribution in [0.3, 0.4) is 0 Å². The number of nitrogens with one attached hydrogen (secondary N) is 1. The third-order valence-electron chi connectivity index (χ3n) is 4.02. The number of nitrogens with zero attached hydrogens (tertiary/aromatic N) is 4. The number of hydrogen-bond donors (Lipinski definition) is 1. The topological polar surface area (TPSA) is 60.8 Å². The van der Waals surface area contributed by atoms with E-state index in [2.05, 4.69) is 30.7 Å². The highest BCUT2D eigenvalue weighted by molar-refractivity contribution is 5.22. The normalized spacial score (nSPS) is 16.8. The van der Waals surface area contributed by atoms with Gasteiger partial charge in [0.25, 0.3) is 0 Å². The molecule has 1 fully saturated rings. The van der Waals surface area contributed by atoms with Crippen LogP contribution in [0.4, 0.5) is 0 Å². The molecular weight excluding hydrogens is 266 g/mol. The van der Waals surface area contributed by atoms with E-state index in [1.165, 1.54) is 0 Å². The van der Waals surface area contributed by atoms with E-state index in [1.54, 1.807) is 0 Å². The molecule has 4 heterocycles. The molecule has 0 radical (unpaired) electrons. The van der Waals surface area contributed by atoms with Crippen molar-refractivity contribution in [3.05, 3.63) is 60.3 Å². The molecule has 1 N–H and O–H groups in total. The summed E-state index contributed by atoms with van der Waals surface area (Å²) in [6.45, 7) is 1.83. The third kappa shape index (κ3) is 2.08. The molecule has 0 spiro atoms. The highest BCUT2D eigenvalue weighted by Gasteiger charge is 2.29. The first kappa shape index (κ1) is 12.4. The summed E-state index contributed by atoms with van der Waals surface area (Å²) in [6.07, 6.45) is 6.08. The summed E-state index contributed by atoms with van der Waals surface area (Å²) in [5.74, 6) is 1.79. The Hall–Kier alpha value is -2.34. The Bertz CT molecular complexity index is 723. The van der Waals surface area contributed by atoms with Crippen molar-refractivity contribution in [3.8, 4) is 0 Å². The molecule has 0 aliphatic carbocycles. The first-order chi connectivity index (χ1) is 10.3. The van der Waals surface area contributed by atoms with Gasteiger partial charge in [0.15, 0.2) is 0 Å². The second kappa shape index (κ2) is 4.89. The Kier molecular flexibility index (Phi) is 2.89. The van der Waals surface area contributed by atoms with Crippen molar-refractivity contribution in [2.75, 3.05) is 13.1 Å². The molecule has 3 aromatic rings. The van der Waals surface area contributed by atoms with Gasteiger partial charge >= 0.3 is 0 Å². The van der Waals surface area contributed by atoms with E-state index in [1.807, 2.05) is 43.8 Å². The summed E-state index contributed by atoms with van der Waals surface area (Å²) in [4.78, 5) is 4.63. The van der Waals surface area contributed by atoms with Crippen LogP contribution in [0, 0.1) is 0 Å². The minimum absolute atomic E-state index is 0.0643. The Morgan fingerprint density at radius 1 is 1.24 bits per heavy atom. The van der Waals surface area contributed by atoms with Gasteiger partial charge < -0.3 is 19.0 Å². The van der Waals surface area contributed by atoms with Crippen molar-refractivity contribution in [2.45, 2.75) is 12.0 Å². The molecule has 3 aromatic heterocycles. The Labute approximate surface area is 122 Å². The van der Waals surface area contributed by atoms with Gasteiger partial charge in [-0.25, -0.2) is 0 Å². The molecule has 0 bridgehead atoms. The lowest BCUT2D eigenvalue weighted by Gasteiger charge is -2.22. The standard InChI is InChI=1S/C15H17N5O/c1-19-6-4-5-12(19)13(20-7-2-3-8-20)14-17-15(21-18-14)11-9-16-10-11/h2-8,11,13,16H,9-10H2,1H3/t13-/m0/s1. The Morgan fingerprint density at radius 2 is 2.05 bits per heavy atom. The van der Waals surface area contributed by atoms with Gasteiger partial charge in [-0.15, -0.1) is 0 Å². The predicted molar refractivity (Wildman–Crippen MR) is 77.0 cm³/mol. The van der Waals surface area contributed by atoms with Gasteiger partial charge in [-0.05, 0) is 24.3 Å². The van der Waals surface area contributed by atoms with Crippen LogP contribution in [0.15, 0.2) is 47.4 Å². The van der Waals surface area contributed by atoms with Crippen molar-refractivity contribution >= 4 is 0 Å². The maximum atomic E-state index is 5.46. The molecule has 1 aliphatic heterocycles. The molecule has 1 saturated heterocycles. The van der Waals surface area contributed by atoms with Gasteiger partial charge in [-0.1, -0.05) is 5.16 Å². The first-order valence-corrected chi connectivity index (χ1v) is 7.11. The second-order valence-corrected chi connectivity index (χ2v) is 5.42. The van der Waals surface area contributed by atoms with Crippen LogP contribution in [0.5, 0.6) is 0 Å². The van der Waals surface area contributed by atoms with E-state index in [-0.39, 0.29) is 6.04 Å². The number of rotatable bonds is 4. The molecule has 0 saturated carbocycles. The van der Waals surface area contributed by atoms with Crippen molar-refractivity contribution in [1.82, 2.24) is 24.6 Å². The summed E-state index contributed by atoms with van der Waals surface area (Å²) < 4.78 is 9.65. The molecule has 4 rings (SSSR count). The lowest BCUT2D eigenvalue weighted by molar-refractivity contribution is 0.305. The molecule has 1 aliphatic rings. The minimum atomic E-state index is -0.0643. The van der Waals surface area contributed by atoms with Crippen molar-refractivity contribution in [1.29, 1.82) is 0 Å². The average Bonchev–Trinajstić information content (AvgIpc) is 3.12. The van der Waals surface area contributed by atoms with E-state index in [9.17, 15) is 0 Å². The van der Waals surface area contributed by atoms with Gasteiger partial charge in [0, 0.05) is 44.4 Å². The van der Waals surface area contributed by atoms with Crippen LogP contribution in [0.25, 0.3) is 0 Å². The molecule has 1 atom stereocenters. The van der Waals surface area contributed by atoms with E-state index in [4.69, 9.17) is 4.52 Å². The fourth-order valence-corrected chi connectivity index (χ4v) is 2.68. The maximum absolute atomic E-state index is 5.46. The highest BCUT2D eigenvalue weighted by Crippen LogP contribution is 2.27. The van der Waals surface area contributed by atoms with Crippen molar-refractivity contribution in [2.24, 2.45) is 7.05 Å². The van der Waals surface area contributed by atoms with Gasteiger partial charge in [0.1, 0.15) is 6.04 Å². The zero-order valence-corrected chi connectivity index (χ0v) is 11.8. The average molecular weight is 283 g/mol. The van der Waals surface area contributed by atoms with E-state index in [0.717, 1.165) is 24.7 Å². The predicted octanol–water partition coefficient (Wildman–Crippen LogP) is 1.53. The molecule has 0 aromatic carbocycles. The molecule has 0 unspecified atom stereocenters. The van der Waals surface area contributed by atoms with E-state index in [0.29, 0.717) is 11.7 Å². The van der Waals surface area contributed by atoms with Crippen LogP contribution < -0.4 is 5.32 Å². The summed E-state index contributed by atoms with van der Waals surface area (Å²) >= 11 is 0. The lowest BCUT2D eigenvalue weighted by Crippen LogP contribution is -2.40. The Balaban J connectivity index is 1.75. The second-order valence-electron chi connectivity index (χ2n) is 5.42. The van der Waals surface area contributed by atoms with Crippen LogP contribution >= 0.6 is 0 Å². The fraction of sp³-hybridized carbons (Fsp3) is 0.333. The summed E-state index contributed by atoms with van der Waals surface area (Å²) in [7, 11) is 2.03. The van der Waals surface area contributed by atoms with Crippen LogP contribution in [-0.4, -0.2) is 32.4 Å². The van der Waals surface area contributed by atoms with Gasteiger partial charge in [0.2, 0.25) is 11.7 Å². The largest absolute Gasteiger partial charge is 0.352 e.